The summed E-state index contributed by atoms with van der Waals surface area (Å²) in [4.78, 5) is 0. The minimum atomic E-state index is -0.0640. The van der Waals surface area contributed by atoms with Crippen LogP contribution in [-0.4, -0.2) is 18.3 Å². The Morgan fingerprint density at radius 3 is 2.45 bits per heavy atom. The van der Waals surface area contributed by atoms with E-state index >= 15 is 0 Å². The Morgan fingerprint density at radius 2 is 1.75 bits per heavy atom. The highest BCUT2D eigenvalue weighted by Gasteiger charge is 2.10. The molecule has 0 radical (unpaired) electrons. The SMILES string of the molecule is CCOc1ccccc1CNC(CO)c1ccccc1. The van der Waals surface area contributed by atoms with E-state index in [1.807, 2.05) is 61.5 Å². The predicted molar refractivity (Wildman–Crippen MR) is 80.7 cm³/mol. The number of rotatable bonds is 7. The van der Waals surface area contributed by atoms with E-state index in [9.17, 15) is 5.11 Å². The molecule has 2 N–H and O–H groups in total. The summed E-state index contributed by atoms with van der Waals surface area (Å²) >= 11 is 0. The summed E-state index contributed by atoms with van der Waals surface area (Å²) in [6.07, 6.45) is 0. The first-order valence-corrected chi connectivity index (χ1v) is 6.95. The second-order valence-corrected chi connectivity index (χ2v) is 4.57. The monoisotopic (exact) mass is 271 g/mol. The van der Waals surface area contributed by atoms with Gasteiger partial charge in [-0.25, -0.2) is 0 Å². The maximum Gasteiger partial charge on any atom is 0.123 e. The molecule has 0 saturated heterocycles. The molecule has 0 aliphatic rings. The number of aliphatic hydroxyl groups is 1. The van der Waals surface area contributed by atoms with Crippen molar-refractivity contribution in [1.82, 2.24) is 5.32 Å². The van der Waals surface area contributed by atoms with Gasteiger partial charge in [-0.1, -0.05) is 48.5 Å². The Kier molecular flexibility index (Phi) is 5.59. The average Bonchev–Trinajstić information content (AvgIpc) is 2.51. The van der Waals surface area contributed by atoms with Crippen LogP contribution in [0, 0.1) is 0 Å². The van der Waals surface area contributed by atoms with Crippen LogP contribution in [-0.2, 0) is 6.54 Å². The molecule has 0 amide bonds. The van der Waals surface area contributed by atoms with Gasteiger partial charge in [0.05, 0.1) is 19.3 Å². The van der Waals surface area contributed by atoms with Gasteiger partial charge >= 0.3 is 0 Å². The predicted octanol–water partition coefficient (Wildman–Crippen LogP) is 2.91. The molecule has 0 bridgehead atoms. The van der Waals surface area contributed by atoms with Crippen LogP contribution in [0.1, 0.15) is 24.1 Å². The summed E-state index contributed by atoms with van der Waals surface area (Å²) in [5.41, 5.74) is 2.19. The highest BCUT2D eigenvalue weighted by atomic mass is 16.5. The normalized spacial score (nSPS) is 12.1. The smallest absolute Gasteiger partial charge is 0.123 e. The number of aliphatic hydroxyl groups excluding tert-OH is 1. The number of hydrogen-bond donors (Lipinski definition) is 2. The van der Waals surface area contributed by atoms with Gasteiger partial charge in [0.25, 0.3) is 0 Å². The minimum Gasteiger partial charge on any atom is -0.494 e. The zero-order valence-electron chi connectivity index (χ0n) is 11.8. The van der Waals surface area contributed by atoms with Crippen LogP contribution >= 0.6 is 0 Å². The third-order valence-electron chi connectivity index (χ3n) is 3.20. The van der Waals surface area contributed by atoms with E-state index in [0.29, 0.717) is 13.2 Å². The number of benzene rings is 2. The maximum atomic E-state index is 9.54. The summed E-state index contributed by atoms with van der Waals surface area (Å²) in [6.45, 7) is 3.36. The molecule has 0 saturated carbocycles. The molecule has 0 aromatic heterocycles. The quantitative estimate of drug-likeness (QED) is 0.813. The number of para-hydroxylation sites is 1. The van der Waals surface area contributed by atoms with Crippen molar-refractivity contribution in [3.63, 3.8) is 0 Å². The van der Waals surface area contributed by atoms with Crippen LogP contribution in [0.5, 0.6) is 5.75 Å². The van der Waals surface area contributed by atoms with Gasteiger partial charge in [0.15, 0.2) is 0 Å². The van der Waals surface area contributed by atoms with Crippen molar-refractivity contribution in [2.45, 2.75) is 19.5 Å². The summed E-state index contributed by atoms with van der Waals surface area (Å²) in [7, 11) is 0. The first kappa shape index (κ1) is 14.6. The van der Waals surface area contributed by atoms with Crippen LogP contribution in [0.4, 0.5) is 0 Å². The van der Waals surface area contributed by atoms with Crippen molar-refractivity contribution in [1.29, 1.82) is 0 Å². The molecular weight excluding hydrogens is 250 g/mol. The number of hydrogen-bond acceptors (Lipinski definition) is 3. The lowest BCUT2D eigenvalue weighted by Gasteiger charge is -2.18. The standard InChI is InChI=1S/C17H21NO2/c1-2-20-17-11-7-6-10-15(17)12-18-16(13-19)14-8-4-3-5-9-14/h3-11,16,18-19H,2,12-13H2,1H3. The van der Waals surface area contributed by atoms with Crippen LogP contribution in [0.25, 0.3) is 0 Å². The molecule has 0 aliphatic carbocycles. The molecule has 0 aliphatic heterocycles. The zero-order chi connectivity index (χ0) is 14.2. The van der Waals surface area contributed by atoms with E-state index in [2.05, 4.69) is 5.32 Å². The lowest BCUT2D eigenvalue weighted by atomic mass is 10.1. The van der Waals surface area contributed by atoms with Gasteiger partial charge in [-0.05, 0) is 18.6 Å². The number of ether oxygens (including phenoxy) is 1. The fraction of sp³-hybridized carbons (Fsp3) is 0.294. The molecule has 0 heterocycles. The molecule has 2 aromatic rings. The topological polar surface area (TPSA) is 41.5 Å². The Hall–Kier alpha value is -1.84. The van der Waals surface area contributed by atoms with Crippen molar-refractivity contribution in [3.8, 4) is 5.75 Å². The third kappa shape index (κ3) is 3.83. The van der Waals surface area contributed by atoms with Gasteiger partial charge in [-0.15, -0.1) is 0 Å². The van der Waals surface area contributed by atoms with Crippen LogP contribution in [0.3, 0.4) is 0 Å². The molecule has 106 valence electrons. The molecule has 2 aromatic carbocycles. The summed E-state index contributed by atoms with van der Waals surface area (Å²) in [6, 6.07) is 17.9. The molecule has 0 spiro atoms. The largest absolute Gasteiger partial charge is 0.494 e. The first-order valence-electron chi connectivity index (χ1n) is 6.95. The summed E-state index contributed by atoms with van der Waals surface area (Å²) in [5, 5.41) is 12.9. The van der Waals surface area contributed by atoms with Gasteiger partial charge in [-0.3, -0.25) is 0 Å². The molecular formula is C17H21NO2. The molecule has 2 rings (SSSR count). The van der Waals surface area contributed by atoms with E-state index < -0.39 is 0 Å². The van der Waals surface area contributed by atoms with E-state index in [1.165, 1.54) is 0 Å². The second kappa shape index (κ2) is 7.68. The lowest BCUT2D eigenvalue weighted by molar-refractivity contribution is 0.243. The molecule has 3 heteroatoms. The van der Waals surface area contributed by atoms with Crippen LogP contribution < -0.4 is 10.1 Å². The van der Waals surface area contributed by atoms with Crippen molar-refractivity contribution >= 4 is 0 Å². The maximum absolute atomic E-state index is 9.54. The Labute approximate surface area is 120 Å². The first-order chi connectivity index (χ1) is 9.85. The summed E-state index contributed by atoms with van der Waals surface area (Å²) in [5.74, 6) is 0.896. The highest BCUT2D eigenvalue weighted by Crippen LogP contribution is 2.19. The van der Waals surface area contributed by atoms with Gasteiger partial charge < -0.3 is 15.2 Å². The van der Waals surface area contributed by atoms with Crippen molar-refractivity contribution in [2.24, 2.45) is 0 Å². The van der Waals surface area contributed by atoms with Crippen molar-refractivity contribution < 1.29 is 9.84 Å². The molecule has 0 fully saturated rings. The fourth-order valence-electron chi connectivity index (χ4n) is 2.15. The molecule has 20 heavy (non-hydrogen) atoms. The van der Waals surface area contributed by atoms with Crippen LogP contribution in [0.2, 0.25) is 0 Å². The van der Waals surface area contributed by atoms with E-state index in [1.54, 1.807) is 0 Å². The Morgan fingerprint density at radius 1 is 1.05 bits per heavy atom. The molecule has 1 unspecified atom stereocenters. The van der Waals surface area contributed by atoms with Gasteiger partial charge in [0.2, 0.25) is 0 Å². The second-order valence-electron chi connectivity index (χ2n) is 4.57. The Bertz CT molecular complexity index is 513. The van der Waals surface area contributed by atoms with Gasteiger partial charge in [0, 0.05) is 12.1 Å². The molecule has 3 nitrogen and oxygen atoms in total. The van der Waals surface area contributed by atoms with Crippen molar-refractivity contribution in [3.05, 3.63) is 65.7 Å². The fourth-order valence-corrected chi connectivity index (χ4v) is 2.15. The third-order valence-corrected chi connectivity index (χ3v) is 3.20. The van der Waals surface area contributed by atoms with Gasteiger partial charge in [-0.2, -0.15) is 0 Å². The summed E-state index contributed by atoms with van der Waals surface area (Å²) < 4.78 is 5.61. The highest BCUT2D eigenvalue weighted by molar-refractivity contribution is 5.33. The molecule has 1 atom stereocenters. The van der Waals surface area contributed by atoms with E-state index in [-0.39, 0.29) is 12.6 Å². The van der Waals surface area contributed by atoms with E-state index in [4.69, 9.17) is 4.74 Å². The average molecular weight is 271 g/mol. The van der Waals surface area contributed by atoms with Crippen LogP contribution in [0.15, 0.2) is 54.6 Å². The van der Waals surface area contributed by atoms with E-state index in [0.717, 1.165) is 16.9 Å². The van der Waals surface area contributed by atoms with Gasteiger partial charge in [0.1, 0.15) is 5.75 Å². The minimum absolute atomic E-state index is 0.0640. The Balaban J connectivity index is 2.04. The number of nitrogens with one attached hydrogen (secondary N) is 1. The lowest BCUT2D eigenvalue weighted by Crippen LogP contribution is -2.24. The van der Waals surface area contributed by atoms with Crippen molar-refractivity contribution in [2.75, 3.05) is 13.2 Å². The zero-order valence-corrected chi connectivity index (χ0v) is 11.8.